The highest BCUT2D eigenvalue weighted by atomic mass is 79.9. The first-order chi connectivity index (χ1) is 5.41. The van der Waals surface area contributed by atoms with Gasteiger partial charge in [-0.05, 0) is 33.0 Å². The Hall–Kier alpha value is -0.570. The summed E-state index contributed by atoms with van der Waals surface area (Å²) in [5, 5.41) is 0. The molecule has 0 spiro atoms. The van der Waals surface area contributed by atoms with Crippen molar-refractivity contribution in [2.75, 3.05) is 5.73 Å². The number of aromatic nitrogens is 1. The smallest absolute Gasteiger partial charge is 0.109 e. The summed E-state index contributed by atoms with van der Waals surface area (Å²) in [4.78, 5) is 4.14. The Kier molecular flexibility index (Phi) is 2.42. The number of nitrogens with two attached hydrogens (primary N) is 1. The molecule has 12 heavy (non-hydrogen) atoms. The molecular formula is C9H13BrN2. The zero-order valence-corrected chi connectivity index (χ0v) is 9.14. The summed E-state index contributed by atoms with van der Waals surface area (Å²) >= 11 is 3.40. The molecule has 0 radical (unpaired) electrons. The molecule has 0 atom stereocenters. The van der Waals surface area contributed by atoms with Gasteiger partial charge in [0.2, 0.25) is 0 Å². The van der Waals surface area contributed by atoms with Gasteiger partial charge in [0, 0.05) is 0 Å². The SMILES string of the molecule is CC(C)(C)c1cc(N)cnc1Br. The summed E-state index contributed by atoms with van der Waals surface area (Å²) in [6.07, 6.45) is 1.65. The molecule has 0 aliphatic rings. The fraction of sp³-hybridized carbons (Fsp3) is 0.444. The van der Waals surface area contributed by atoms with Crippen molar-refractivity contribution >= 4 is 21.6 Å². The highest BCUT2D eigenvalue weighted by molar-refractivity contribution is 9.10. The molecule has 0 amide bonds. The number of anilines is 1. The highest BCUT2D eigenvalue weighted by Crippen LogP contribution is 2.29. The fourth-order valence-corrected chi connectivity index (χ4v) is 1.80. The summed E-state index contributed by atoms with van der Waals surface area (Å²) < 4.78 is 0.879. The topological polar surface area (TPSA) is 38.9 Å². The third-order valence-electron chi connectivity index (χ3n) is 1.67. The minimum atomic E-state index is 0.0845. The second-order valence-electron chi connectivity index (χ2n) is 3.86. The molecule has 0 saturated carbocycles. The molecule has 1 aromatic rings. The van der Waals surface area contributed by atoms with Gasteiger partial charge in [-0.15, -0.1) is 0 Å². The van der Waals surface area contributed by atoms with E-state index in [2.05, 4.69) is 41.7 Å². The number of nitrogen functional groups attached to an aromatic ring is 1. The van der Waals surface area contributed by atoms with Gasteiger partial charge in [0.1, 0.15) is 4.60 Å². The molecule has 0 saturated heterocycles. The lowest BCUT2D eigenvalue weighted by molar-refractivity contribution is 0.584. The van der Waals surface area contributed by atoms with E-state index < -0.39 is 0 Å². The van der Waals surface area contributed by atoms with Gasteiger partial charge >= 0.3 is 0 Å². The van der Waals surface area contributed by atoms with E-state index in [-0.39, 0.29) is 5.41 Å². The van der Waals surface area contributed by atoms with Crippen LogP contribution in [-0.2, 0) is 5.41 Å². The van der Waals surface area contributed by atoms with Crippen LogP contribution in [0.4, 0.5) is 5.69 Å². The first-order valence-corrected chi connectivity index (χ1v) is 4.62. The lowest BCUT2D eigenvalue weighted by atomic mass is 9.88. The average Bonchev–Trinajstić information content (AvgIpc) is 1.92. The molecule has 1 heterocycles. The van der Waals surface area contributed by atoms with Crippen molar-refractivity contribution in [1.82, 2.24) is 4.98 Å². The maximum Gasteiger partial charge on any atom is 0.109 e. The molecule has 0 aliphatic heterocycles. The molecule has 1 aromatic heterocycles. The predicted molar refractivity (Wildman–Crippen MR) is 55.0 cm³/mol. The standard InChI is InChI=1S/C9H13BrN2/c1-9(2,3)7-4-6(11)5-12-8(7)10/h4-5H,11H2,1-3H3. The average molecular weight is 229 g/mol. The van der Waals surface area contributed by atoms with E-state index >= 15 is 0 Å². The van der Waals surface area contributed by atoms with Gasteiger partial charge in [-0.2, -0.15) is 0 Å². The molecular weight excluding hydrogens is 216 g/mol. The van der Waals surface area contributed by atoms with Crippen molar-refractivity contribution < 1.29 is 0 Å². The molecule has 3 heteroatoms. The van der Waals surface area contributed by atoms with Gasteiger partial charge in [-0.3, -0.25) is 0 Å². The largest absolute Gasteiger partial charge is 0.397 e. The number of rotatable bonds is 0. The van der Waals surface area contributed by atoms with Crippen molar-refractivity contribution in [3.8, 4) is 0 Å². The van der Waals surface area contributed by atoms with Crippen LogP contribution >= 0.6 is 15.9 Å². The van der Waals surface area contributed by atoms with Crippen molar-refractivity contribution in [3.05, 3.63) is 22.4 Å². The van der Waals surface area contributed by atoms with E-state index in [0.29, 0.717) is 5.69 Å². The van der Waals surface area contributed by atoms with Crippen LogP contribution in [-0.4, -0.2) is 4.98 Å². The Morgan fingerprint density at radius 2 is 2.00 bits per heavy atom. The van der Waals surface area contributed by atoms with Crippen molar-refractivity contribution in [2.45, 2.75) is 26.2 Å². The number of pyridine rings is 1. The van der Waals surface area contributed by atoms with Gasteiger partial charge in [-0.25, -0.2) is 4.98 Å². The summed E-state index contributed by atoms with van der Waals surface area (Å²) in [6, 6.07) is 1.96. The van der Waals surface area contributed by atoms with Crippen molar-refractivity contribution in [3.63, 3.8) is 0 Å². The first kappa shape index (κ1) is 9.52. The third-order valence-corrected chi connectivity index (χ3v) is 2.30. The summed E-state index contributed by atoms with van der Waals surface area (Å²) in [6.45, 7) is 6.40. The number of hydrogen-bond donors (Lipinski definition) is 1. The summed E-state index contributed by atoms with van der Waals surface area (Å²) in [7, 11) is 0. The van der Waals surface area contributed by atoms with Crippen LogP contribution in [0.5, 0.6) is 0 Å². The van der Waals surface area contributed by atoms with Gasteiger partial charge in [0.25, 0.3) is 0 Å². The number of halogens is 1. The number of hydrogen-bond acceptors (Lipinski definition) is 2. The van der Waals surface area contributed by atoms with E-state index in [1.54, 1.807) is 6.20 Å². The Morgan fingerprint density at radius 3 is 2.42 bits per heavy atom. The minimum Gasteiger partial charge on any atom is -0.397 e. The van der Waals surface area contributed by atoms with Crippen molar-refractivity contribution in [1.29, 1.82) is 0 Å². The van der Waals surface area contributed by atoms with E-state index in [1.165, 1.54) is 0 Å². The lowest BCUT2D eigenvalue weighted by Gasteiger charge is -2.20. The zero-order valence-electron chi connectivity index (χ0n) is 7.56. The highest BCUT2D eigenvalue weighted by Gasteiger charge is 2.17. The quantitative estimate of drug-likeness (QED) is 0.694. The van der Waals surface area contributed by atoms with E-state index in [1.807, 2.05) is 6.07 Å². The van der Waals surface area contributed by atoms with Crippen LogP contribution in [0.3, 0.4) is 0 Å². The molecule has 0 fully saturated rings. The molecule has 0 aliphatic carbocycles. The number of nitrogens with zero attached hydrogens (tertiary/aromatic N) is 1. The van der Waals surface area contributed by atoms with Crippen LogP contribution in [0.25, 0.3) is 0 Å². The Morgan fingerprint density at radius 1 is 1.42 bits per heavy atom. The van der Waals surface area contributed by atoms with Crippen LogP contribution < -0.4 is 5.73 Å². The second-order valence-corrected chi connectivity index (χ2v) is 4.61. The molecule has 0 aromatic carbocycles. The third kappa shape index (κ3) is 1.97. The Labute approximate surface area is 81.3 Å². The molecule has 2 nitrogen and oxygen atoms in total. The summed E-state index contributed by atoms with van der Waals surface area (Å²) in [5.41, 5.74) is 7.58. The summed E-state index contributed by atoms with van der Waals surface area (Å²) in [5.74, 6) is 0. The zero-order chi connectivity index (χ0) is 9.35. The molecule has 1 rings (SSSR count). The predicted octanol–water partition coefficient (Wildman–Crippen LogP) is 2.72. The van der Waals surface area contributed by atoms with Gasteiger partial charge in [0.15, 0.2) is 0 Å². The van der Waals surface area contributed by atoms with Gasteiger partial charge < -0.3 is 5.73 Å². The second kappa shape index (κ2) is 3.05. The molecule has 0 unspecified atom stereocenters. The van der Waals surface area contributed by atoms with E-state index in [0.717, 1.165) is 10.2 Å². The molecule has 2 N–H and O–H groups in total. The van der Waals surface area contributed by atoms with Gasteiger partial charge in [-0.1, -0.05) is 20.8 Å². The van der Waals surface area contributed by atoms with Crippen LogP contribution in [0.2, 0.25) is 0 Å². The minimum absolute atomic E-state index is 0.0845. The monoisotopic (exact) mass is 228 g/mol. The van der Waals surface area contributed by atoms with E-state index in [9.17, 15) is 0 Å². The Balaban J connectivity index is 3.23. The lowest BCUT2D eigenvalue weighted by Crippen LogP contribution is -2.13. The molecule has 66 valence electrons. The van der Waals surface area contributed by atoms with Crippen LogP contribution in [0.15, 0.2) is 16.9 Å². The maximum atomic E-state index is 5.64. The fourth-order valence-electron chi connectivity index (χ4n) is 0.990. The first-order valence-electron chi connectivity index (χ1n) is 3.83. The normalized spacial score (nSPS) is 11.7. The van der Waals surface area contributed by atoms with Gasteiger partial charge in [0.05, 0.1) is 11.9 Å². The van der Waals surface area contributed by atoms with Crippen LogP contribution in [0, 0.1) is 0 Å². The Bertz CT molecular complexity index is 289. The van der Waals surface area contributed by atoms with Crippen molar-refractivity contribution in [2.24, 2.45) is 0 Å². The molecule has 0 bridgehead atoms. The maximum absolute atomic E-state index is 5.64. The van der Waals surface area contributed by atoms with E-state index in [4.69, 9.17) is 5.73 Å². The van der Waals surface area contributed by atoms with Crippen LogP contribution in [0.1, 0.15) is 26.3 Å².